The number of fused-ring (bicyclic) bond motifs is 2. The zero-order chi connectivity index (χ0) is 19.7. The maximum Gasteiger partial charge on any atom is 0.256 e. The van der Waals surface area contributed by atoms with E-state index < -0.39 is 0 Å². The van der Waals surface area contributed by atoms with Crippen LogP contribution in [-0.4, -0.2) is 38.7 Å². The van der Waals surface area contributed by atoms with E-state index >= 15 is 0 Å². The molecule has 0 aliphatic carbocycles. The third-order valence-electron chi connectivity index (χ3n) is 5.05. The molecular weight excluding hydrogens is 338 g/mol. The van der Waals surface area contributed by atoms with Crippen molar-refractivity contribution < 1.29 is 9.59 Å². The summed E-state index contributed by atoms with van der Waals surface area (Å²) in [4.78, 5) is 31.6. The van der Waals surface area contributed by atoms with Gasteiger partial charge in [-0.15, -0.1) is 0 Å². The highest BCUT2D eigenvalue weighted by Gasteiger charge is 2.30. The van der Waals surface area contributed by atoms with Crippen molar-refractivity contribution in [3.05, 3.63) is 64.5 Å². The van der Waals surface area contributed by atoms with Crippen LogP contribution < -0.4 is 0 Å². The second-order valence-electron chi connectivity index (χ2n) is 7.71. The summed E-state index contributed by atoms with van der Waals surface area (Å²) in [5, 5.41) is 0. The highest BCUT2D eigenvalue weighted by molar-refractivity contribution is 5.99. The maximum atomic E-state index is 11.9. The van der Waals surface area contributed by atoms with Crippen molar-refractivity contribution in [2.24, 2.45) is 0 Å². The number of nitrogens with zero attached hydrogens (tertiary/aromatic N) is 3. The number of amides is 2. The molecule has 5 heteroatoms. The Kier molecular flexibility index (Phi) is 5.31. The van der Waals surface area contributed by atoms with Gasteiger partial charge in [0.25, 0.3) is 11.8 Å². The zero-order valence-corrected chi connectivity index (χ0v) is 16.7. The number of benzene rings is 1. The molecule has 0 N–H and O–H groups in total. The van der Waals surface area contributed by atoms with E-state index in [4.69, 9.17) is 0 Å². The number of aryl methyl sites for hydroxylation is 1. The molecule has 3 heterocycles. The van der Waals surface area contributed by atoms with E-state index in [0.29, 0.717) is 6.54 Å². The molecule has 5 nitrogen and oxygen atoms in total. The molecule has 0 fully saturated rings. The van der Waals surface area contributed by atoms with Crippen LogP contribution in [0.25, 0.3) is 0 Å². The van der Waals surface area contributed by atoms with Gasteiger partial charge in [-0.25, -0.2) is 0 Å². The Balaban J connectivity index is 0.000000156. The second-order valence-corrected chi connectivity index (χ2v) is 7.71. The Labute approximate surface area is 161 Å². The molecule has 27 heavy (non-hydrogen) atoms. The monoisotopic (exact) mass is 365 g/mol. The summed E-state index contributed by atoms with van der Waals surface area (Å²) in [6.07, 6.45) is 1.73. The molecule has 0 unspecified atom stereocenters. The van der Waals surface area contributed by atoms with Crippen molar-refractivity contribution in [3.63, 3.8) is 0 Å². The first-order valence-electron chi connectivity index (χ1n) is 9.45. The van der Waals surface area contributed by atoms with E-state index in [-0.39, 0.29) is 23.9 Å². The Hall–Kier alpha value is -2.69. The second kappa shape index (κ2) is 7.51. The lowest BCUT2D eigenvalue weighted by Crippen LogP contribution is -2.30. The molecular formula is C22H27N3O2. The fraction of sp³-hybridized carbons (Fsp3) is 0.409. The molecule has 2 aliphatic rings. The van der Waals surface area contributed by atoms with Crippen molar-refractivity contribution in [1.82, 2.24) is 14.8 Å². The zero-order valence-electron chi connectivity index (χ0n) is 16.7. The van der Waals surface area contributed by atoms with Crippen LogP contribution in [0.4, 0.5) is 0 Å². The van der Waals surface area contributed by atoms with E-state index in [1.807, 2.05) is 42.7 Å². The summed E-state index contributed by atoms with van der Waals surface area (Å²) in [7, 11) is 0. The van der Waals surface area contributed by atoms with Crippen LogP contribution in [0, 0.1) is 6.92 Å². The Bertz CT molecular complexity index is 874. The van der Waals surface area contributed by atoms with Crippen molar-refractivity contribution in [1.29, 1.82) is 0 Å². The molecule has 4 rings (SSSR count). The van der Waals surface area contributed by atoms with Gasteiger partial charge < -0.3 is 9.80 Å². The molecule has 2 aromatic rings. The average molecular weight is 365 g/mol. The molecule has 2 amide bonds. The highest BCUT2D eigenvalue weighted by atomic mass is 16.2. The molecule has 142 valence electrons. The van der Waals surface area contributed by atoms with E-state index in [1.54, 1.807) is 12.3 Å². The van der Waals surface area contributed by atoms with E-state index in [9.17, 15) is 9.59 Å². The van der Waals surface area contributed by atoms with Gasteiger partial charge in [0.1, 0.15) is 0 Å². The summed E-state index contributed by atoms with van der Waals surface area (Å²) in [5.41, 5.74) is 4.87. The molecule has 0 saturated carbocycles. The Morgan fingerprint density at radius 3 is 2.15 bits per heavy atom. The molecule has 1 aromatic heterocycles. The summed E-state index contributed by atoms with van der Waals surface area (Å²) >= 11 is 0. The molecule has 1 aromatic carbocycles. The van der Waals surface area contributed by atoms with Crippen molar-refractivity contribution in [2.75, 3.05) is 0 Å². The molecule has 0 spiro atoms. The predicted octanol–water partition coefficient (Wildman–Crippen LogP) is 3.81. The summed E-state index contributed by atoms with van der Waals surface area (Å²) in [5.74, 6) is 0.289. The Morgan fingerprint density at radius 1 is 0.889 bits per heavy atom. The third kappa shape index (κ3) is 3.72. The minimum absolute atomic E-state index is 0.109. The van der Waals surface area contributed by atoms with Crippen molar-refractivity contribution >= 4 is 11.8 Å². The largest absolute Gasteiger partial charge is 0.332 e. The number of carbonyl (C=O) groups excluding carboxylic acids is 2. The van der Waals surface area contributed by atoms with E-state index in [2.05, 4.69) is 31.0 Å². The number of carbonyl (C=O) groups is 2. The first-order chi connectivity index (χ1) is 12.8. The van der Waals surface area contributed by atoms with Crippen molar-refractivity contribution in [2.45, 2.75) is 59.8 Å². The van der Waals surface area contributed by atoms with Gasteiger partial charge in [-0.3, -0.25) is 14.6 Å². The summed E-state index contributed by atoms with van der Waals surface area (Å²) in [6.45, 7) is 11.6. The highest BCUT2D eigenvalue weighted by Crippen LogP contribution is 2.25. The van der Waals surface area contributed by atoms with Crippen LogP contribution in [-0.2, 0) is 13.1 Å². The minimum atomic E-state index is 0.109. The van der Waals surface area contributed by atoms with Gasteiger partial charge in [-0.1, -0.05) is 17.7 Å². The van der Waals surface area contributed by atoms with Crippen LogP contribution in [0.1, 0.15) is 65.2 Å². The number of aromatic nitrogens is 1. The third-order valence-corrected chi connectivity index (χ3v) is 5.05. The van der Waals surface area contributed by atoms with Crippen LogP contribution in [0.15, 0.2) is 36.5 Å². The smallest absolute Gasteiger partial charge is 0.256 e. The van der Waals surface area contributed by atoms with Gasteiger partial charge in [0, 0.05) is 30.4 Å². The first-order valence-corrected chi connectivity index (χ1v) is 9.45. The van der Waals surface area contributed by atoms with Gasteiger partial charge in [0.2, 0.25) is 0 Å². The molecule has 0 radical (unpaired) electrons. The molecule has 0 atom stereocenters. The predicted molar refractivity (Wildman–Crippen MR) is 105 cm³/mol. The number of rotatable bonds is 2. The fourth-order valence-corrected chi connectivity index (χ4v) is 3.42. The topological polar surface area (TPSA) is 53.5 Å². The number of hydrogen-bond donors (Lipinski definition) is 0. The first kappa shape index (κ1) is 19.1. The minimum Gasteiger partial charge on any atom is -0.332 e. The normalized spacial score (nSPS) is 15.2. The van der Waals surface area contributed by atoms with Crippen LogP contribution >= 0.6 is 0 Å². The Morgan fingerprint density at radius 2 is 1.52 bits per heavy atom. The fourth-order valence-electron chi connectivity index (χ4n) is 3.42. The lowest BCUT2D eigenvalue weighted by molar-refractivity contribution is 0.0722. The summed E-state index contributed by atoms with van der Waals surface area (Å²) in [6, 6.07) is 10.3. The van der Waals surface area contributed by atoms with Gasteiger partial charge in [0.15, 0.2) is 0 Å². The molecule has 0 bridgehead atoms. The summed E-state index contributed by atoms with van der Waals surface area (Å²) < 4.78 is 0. The molecule has 0 saturated heterocycles. The molecule has 2 aliphatic heterocycles. The van der Waals surface area contributed by atoms with Crippen LogP contribution in [0.5, 0.6) is 0 Å². The van der Waals surface area contributed by atoms with Crippen LogP contribution in [0.3, 0.4) is 0 Å². The lowest BCUT2D eigenvalue weighted by Gasteiger charge is -2.19. The number of pyridine rings is 1. The van der Waals surface area contributed by atoms with Crippen molar-refractivity contribution in [3.8, 4) is 0 Å². The van der Waals surface area contributed by atoms with Gasteiger partial charge >= 0.3 is 0 Å². The van der Waals surface area contributed by atoms with Gasteiger partial charge in [0.05, 0.1) is 17.8 Å². The maximum absolute atomic E-state index is 11.9. The quantitative estimate of drug-likeness (QED) is 0.813. The SMILES string of the molecule is CC(C)N1Cc2ncccc2C1=O.Cc1ccc2c(c1)C(=O)N(C(C)C)C2. The lowest BCUT2D eigenvalue weighted by atomic mass is 10.1. The van der Waals surface area contributed by atoms with E-state index in [1.165, 1.54) is 0 Å². The van der Waals surface area contributed by atoms with Gasteiger partial charge in [-0.05, 0) is 58.4 Å². The standard InChI is InChI=1S/C12H15NO.C10H12N2O/c1-8(2)13-7-10-5-4-9(3)6-11(10)12(13)14;1-7(2)12-6-9-8(10(12)13)4-3-5-11-9/h4-6,8H,7H2,1-3H3;3-5,7H,6H2,1-2H3. The number of hydrogen-bond acceptors (Lipinski definition) is 3. The van der Waals surface area contributed by atoms with E-state index in [0.717, 1.165) is 34.5 Å². The average Bonchev–Trinajstić information content (AvgIpc) is 3.14. The van der Waals surface area contributed by atoms with Crippen LogP contribution in [0.2, 0.25) is 0 Å². The van der Waals surface area contributed by atoms with Gasteiger partial charge in [-0.2, -0.15) is 0 Å².